The van der Waals surface area contributed by atoms with Crippen LogP contribution in [-0.4, -0.2) is 26.7 Å². The average molecular weight is 326 g/mol. The molecule has 1 heterocycles. The van der Waals surface area contributed by atoms with Crippen molar-refractivity contribution >= 4 is 12.0 Å². The van der Waals surface area contributed by atoms with Gasteiger partial charge in [-0.15, -0.1) is 0 Å². The van der Waals surface area contributed by atoms with Gasteiger partial charge in [0.15, 0.2) is 11.5 Å². The summed E-state index contributed by atoms with van der Waals surface area (Å²) >= 11 is 0. The number of hydrogen-bond donors (Lipinski definition) is 1. The predicted molar refractivity (Wildman–Crippen MR) is 88.6 cm³/mol. The number of nitriles is 1. The lowest BCUT2D eigenvalue weighted by Gasteiger charge is -2.10. The number of rotatable bonds is 7. The van der Waals surface area contributed by atoms with Gasteiger partial charge in [0.2, 0.25) is 0 Å². The van der Waals surface area contributed by atoms with Crippen molar-refractivity contribution in [1.82, 2.24) is 5.32 Å². The van der Waals surface area contributed by atoms with Crippen molar-refractivity contribution in [2.75, 3.05) is 20.8 Å². The molecule has 0 bridgehead atoms. The zero-order valence-corrected chi connectivity index (χ0v) is 13.5. The standard InChI is InChI=1S/C18H18N2O4/c1-22-16-4-3-13(10-17(16)23-2)5-7-20-18(21)15(11-19)9-14-6-8-24-12-14/h3-4,6,8-10,12H,5,7H2,1-2H3,(H,20,21). The summed E-state index contributed by atoms with van der Waals surface area (Å²) in [6.45, 7) is 0.402. The van der Waals surface area contributed by atoms with Crippen LogP contribution in [0.5, 0.6) is 11.5 Å². The van der Waals surface area contributed by atoms with E-state index in [1.807, 2.05) is 24.3 Å². The minimum absolute atomic E-state index is 0.0312. The van der Waals surface area contributed by atoms with Gasteiger partial charge in [0, 0.05) is 12.1 Å². The number of ether oxygens (including phenoxy) is 2. The van der Waals surface area contributed by atoms with Crippen LogP contribution in [0.4, 0.5) is 0 Å². The molecule has 24 heavy (non-hydrogen) atoms. The smallest absolute Gasteiger partial charge is 0.261 e. The molecule has 2 rings (SSSR count). The molecule has 2 aromatic rings. The molecule has 0 aliphatic heterocycles. The summed E-state index contributed by atoms with van der Waals surface area (Å²) in [7, 11) is 3.15. The zero-order chi connectivity index (χ0) is 17.4. The number of hydrogen-bond acceptors (Lipinski definition) is 5. The first-order chi connectivity index (χ1) is 11.7. The molecule has 0 fully saturated rings. The second-order valence-electron chi connectivity index (χ2n) is 4.92. The highest BCUT2D eigenvalue weighted by atomic mass is 16.5. The third kappa shape index (κ3) is 4.40. The summed E-state index contributed by atoms with van der Waals surface area (Å²) in [4.78, 5) is 12.0. The van der Waals surface area contributed by atoms with Crippen molar-refractivity contribution < 1.29 is 18.7 Å². The lowest BCUT2D eigenvalue weighted by Crippen LogP contribution is -2.26. The Morgan fingerprint density at radius 3 is 2.71 bits per heavy atom. The predicted octanol–water partition coefficient (Wildman–Crippen LogP) is 2.56. The normalized spacial score (nSPS) is 10.8. The molecule has 6 heteroatoms. The Morgan fingerprint density at radius 2 is 2.08 bits per heavy atom. The van der Waals surface area contributed by atoms with Gasteiger partial charge in [-0.3, -0.25) is 4.79 Å². The van der Waals surface area contributed by atoms with Gasteiger partial charge in [0.1, 0.15) is 11.6 Å². The van der Waals surface area contributed by atoms with E-state index in [0.29, 0.717) is 30.0 Å². The fourth-order valence-electron chi connectivity index (χ4n) is 2.12. The molecule has 1 aromatic heterocycles. The second-order valence-corrected chi connectivity index (χ2v) is 4.92. The van der Waals surface area contributed by atoms with Crippen LogP contribution in [0.25, 0.3) is 6.08 Å². The Hall–Kier alpha value is -3.20. The molecule has 6 nitrogen and oxygen atoms in total. The van der Waals surface area contributed by atoms with E-state index in [0.717, 1.165) is 5.56 Å². The van der Waals surface area contributed by atoms with Gasteiger partial charge in [-0.1, -0.05) is 6.07 Å². The van der Waals surface area contributed by atoms with Crippen molar-refractivity contribution in [2.45, 2.75) is 6.42 Å². The fraction of sp³-hybridized carbons (Fsp3) is 0.222. The van der Waals surface area contributed by atoms with Gasteiger partial charge in [-0.25, -0.2) is 0 Å². The van der Waals surface area contributed by atoms with Crippen LogP contribution in [0.2, 0.25) is 0 Å². The van der Waals surface area contributed by atoms with E-state index in [-0.39, 0.29) is 5.57 Å². The topological polar surface area (TPSA) is 84.5 Å². The largest absolute Gasteiger partial charge is 0.493 e. The fourth-order valence-corrected chi connectivity index (χ4v) is 2.12. The highest BCUT2D eigenvalue weighted by Gasteiger charge is 2.09. The third-order valence-electron chi connectivity index (χ3n) is 3.37. The summed E-state index contributed by atoms with van der Waals surface area (Å²) in [6.07, 6.45) is 5.04. The van der Waals surface area contributed by atoms with Crippen molar-refractivity contribution in [3.63, 3.8) is 0 Å². The molecule has 0 unspecified atom stereocenters. The Kier molecular flexibility index (Phi) is 6.03. The molecule has 1 amide bonds. The second kappa shape index (κ2) is 8.44. The maximum absolute atomic E-state index is 12.0. The van der Waals surface area contributed by atoms with Gasteiger partial charge in [-0.2, -0.15) is 5.26 Å². The molecule has 0 aliphatic rings. The van der Waals surface area contributed by atoms with E-state index in [1.54, 1.807) is 20.3 Å². The highest BCUT2D eigenvalue weighted by Crippen LogP contribution is 2.27. The first-order valence-corrected chi connectivity index (χ1v) is 7.31. The number of methoxy groups -OCH3 is 2. The summed E-state index contributed by atoms with van der Waals surface area (Å²) in [5.41, 5.74) is 1.69. The van der Waals surface area contributed by atoms with Crippen molar-refractivity contribution in [3.8, 4) is 17.6 Å². The van der Waals surface area contributed by atoms with E-state index < -0.39 is 5.91 Å². The Balaban J connectivity index is 1.94. The number of furan rings is 1. The van der Waals surface area contributed by atoms with Crippen LogP contribution < -0.4 is 14.8 Å². The minimum Gasteiger partial charge on any atom is -0.493 e. The summed E-state index contributed by atoms with van der Waals surface area (Å²) in [5.74, 6) is 0.873. The Bertz CT molecular complexity index is 758. The van der Waals surface area contributed by atoms with Crippen LogP contribution in [0, 0.1) is 11.3 Å². The maximum atomic E-state index is 12.0. The van der Waals surface area contributed by atoms with Gasteiger partial charge in [0.05, 0.1) is 26.7 Å². The number of amides is 1. The first-order valence-electron chi connectivity index (χ1n) is 7.31. The van der Waals surface area contributed by atoms with Crippen LogP contribution in [0.15, 0.2) is 46.8 Å². The molecule has 0 aliphatic carbocycles. The summed E-state index contributed by atoms with van der Waals surface area (Å²) in [5, 5.41) is 11.8. The van der Waals surface area contributed by atoms with E-state index in [1.165, 1.54) is 18.6 Å². The lowest BCUT2D eigenvalue weighted by molar-refractivity contribution is -0.117. The van der Waals surface area contributed by atoms with Crippen molar-refractivity contribution in [3.05, 3.63) is 53.5 Å². The molecule has 1 N–H and O–H groups in total. The zero-order valence-electron chi connectivity index (χ0n) is 13.5. The van der Waals surface area contributed by atoms with Gasteiger partial charge in [-0.05, 0) is 36.3 Å². The number of carbonyl (C=O) groups is 1. The Morgan fingerprint density at radius 1 is 1.29 bits per heavy atom. The van der Waals surface area contributed by atoms with Gasteiger partial charge in [0.25, 0.3) is 5.91 Å². The monoisotopic (exact) mass is 326 g/mol. The quantitative estimate of drug-likeness (QED) is 0.624. The van der Waals surface area contributed by atoms with E-state index in [4.69, 9.17) is 19.2 Å². The van der Waals surface area contributed by atoms with E-state index >= 15 is 0 Å². The number of carbonyl (C=O) groups excluding carboxylic acids is 1. The van der Waals surface area contributed by atoms with Gasteiger partial charge >= 0.3 is 0 Å². The molecule has 0 saturated carbocycles. The first kappa shape index (κ1) is 17.2. The molecule has 0 spiro atoms. The Labute approximate surface area is 140 Å². The van der Waals surface area contributed by atoms with Crippen molar-refractivity contribution in [1.29, 1.82) is 5.26 Å². The molecule has 124 valence electrons. The number of nitrogens with zero attached hydrogens (tertiary/aromatic N) is 1. The third-order valence-corrected chi connectivity index (χ3v) is 3.37. The van der Waals surface area contributed by atoms with Gasteiger partial charge < -0.3 is 19.2 Å². The van der Waals surface area contributed by atoms with Crippen LogP contribution in [-0.2, 0) is 11.2 Å². The van der Waals surface area contributed by atoms with Crippen LogP contribution in [0.1, 0.15) is 11.1 Å². The average Bonchev–Trinajstić information content (AvgIpc) is 3.12. The SMILES string of the molecule is COc1ccc(CCNC(=O)C(C#N)=Cc2ccoc2)cc1OC. The molecule has 1 aromatic carbocycles. The minimum atomic E-state index is -0.417. The number of benzene rings is 1. The lowest BCUT2D eigenvalue weighted by atomic mass is 10.1. The highest BCUT2D eigenvalue weighted by molar-refractivity contribution is 6.01. The maximum Gasteiger partial charge on any atom is 0.261 e. The molecule has 0 saturated heterocycles. The van der Waals surface area contributed by atoms with Crippen LogP contribution in [0.3, 0.4) is 0 Å². The molecular weight excluding hydrogens is 308 g/mol. The van der Waals surface area contributed by atoms with Crippen LogP contribution >= 0.6 is 0 Å². The summed E-state index contributed by atoms with van der Waals surface area (Å²) in [6, 6.07) is 9.14. The number of nitrogens with one attached hydrogen (secondary N) is 1. The molecule has 0 atom stereocenters. The summed E-state index contributed by atoms with van der Waals surface area (Å²) < 4.78 is 15.3. The molecular formula is C18H18N2O4. The molecule has 0 radical (unpaired) electrons. The van der Waals surface area contributed by atoms with E-state index in [2.05, 4.69) is 5.32 Å². The van der Waals surface area contributed by atoms with Crippen molar-refractivity contribution in [2.24, 2.45) is 0 Å². The van der Waals surface area contributed by atoms with E-state index in [9.17, 15) is 4.79 Å².